The SMILES string of the molecule is Cc1cc(N)nc(-c2cc3ncnc4c3c(c2Cl)OCCN4CCC#N)c1C(F)(F)F. The van der Waals surface area contributed by atoms with E-state index in [0.717, 1.165) is 0 Å². The van der Waals surface area contributed by atoms with E-state index in [1.807, 2.05) is 4.90 Å². The van der Waals surface area contributed by atoms with Gasteiger partial charge in [-0.15, -0.1) is 0 Å². The number of nitriles is 1. The Kier molecular flexibility index (Phi) is 5.23. The molecule has 2 aromatic heterocycles. The maximum Gasteiger partial charge on any atom is 0.418 e. The van der Waals surface area contributed by atoms with Crippen molar-refractivity contribution in [3.8, 4) is 23.1 Å². The van der Waals surface area contributed by atoms with Crippen LogP contribution in [-0.2, 0) is 6.18 Å². The Morgan fingerprint density at radius 3 is 2.81 bits per heavy atom. The first-order valence-electron chi connectivity index (χ1n) is 9.29. The van der Waals surface area contributed by atoms with Crippen LogP contribution in [0.15, 0.2) is 18.5 Å². The molecular formula is C20H16ClF3N6O. The molecule has 0 bridgehead atoms. The first-order chi connectivity index (χ1) is 14.7. The predicted octanol–water partition coefficient (Wildman–Crippen LogP) is 4.37. The van der Waals surface area contributed by atoms with Gasteiger partial charge >= 0.3 is 6.18 Å². The molecule has 160 valence electrons. The Morgan fingerprint density at radius 1 is 1.32 bits per heavy atom. The lowest BCUT2D eigenvalue weighted by Crippen LogP contribution is -2.28. The van der Waals surface area contributed by atoms with E-state index < -0.39 is 11.7 Å². The number of alkyl halides is 3. The lowest BCUT2D eigenvalue weighted by atomic mass is 9.99. The second kappa shape index (κ2) is 7.74. The standard InChI is InChI=1S/C20H16ClF3N6O/c1-10-7-13(26)29-17(15(10)20(22,23)24)11-8-12-14-18(16(11)21)31-6-5-30(4-2-3-25)19(14)28-9-27-12/h7-9H,2,4-6H2,1H3,(H2,26,29). The Bertz CT molecular complexity index is 1220. The van der Waals surface area contributed by atoms with Crippen molar-refractivity contribution in [3.63, 3.8) is 0 Å². The number of benzene rings is 1. The summed E-state index contributed by atoms with van der Waals surface area (Å²) in [5, 5.41) is 9.37. The highest BCUT2D eigenvalue weighted by molar-refractivity contribution is 6.36. The third kappa shape index (κ3) is 3.65. The molecule has 1 aliphatic rings. The van der Waals surface area contributed by atoms with Crippen molar-refractivity contribution in [2.24, 2.45) is 0 Å². The number of ether oxygens (including phenoxy) is 1. The zero-order chi connectivity index (χ0) is 22.3. The topological polar surface area (TPSA) is 101 Å². The molecule has 0 unspecified atom stereocenters. The second-order valence-corrected chi connectivity index (χ2v) is 7.37. The molecule has 0 saturated carbocycles. The van der Waals surface area contributed by atoms with E-state index in [1.165, 1.54) is 25.4 Å². The Morgan fingerprint density at radius 2 is 2.10 bits per heavy atom. The molecule has 0 spiro atoms. The minimum Gasteiger partial charge on any atom is -0.489 e. The fourth-order valence-electron chi connectivity index (χ4n) is 3.71. The molecule has 2 N–H and O–H groups in total. The molecule has 3 aromatic rings. The molecule has 3 heterocycles. The quantitative estimate of drug-likeness (QED) is 0.635. The van der Waals surface area contributed by atoms with Gasteiger partial charge in [0.05, 0.1) is 46.2 Å². The zero-order valence-corrected chi connectivity index (χ0v) is 17.0. The summed E-state index contributed by atoms with van der Waals surface area (Å²) in [5.41, 5.74) is 4.74. The highest BCUT2D eigenvalue weighted by atomic mass is 35.5. The van der Waals surface area contributed by atoms with E-state index in [2.05, 4.69) is 21.0 Å². The van der Waals surface area contributed by atoms with Gasteiger partial charge in [0.25, 0.3) is 0 Å². The van der Waals surface area contributed by atoms with Crippen molar-refractivity contribution >= 4 is 34.1 Å². The molecule has 0 fully saturated rings. The van der Waals surface area contributed by atoms with Crippen molar-refractivity contribution in [3.05, 3.63) is 34.6 Å². The van der Waals surface area contributed by atoms with Crippen LogP contribution in [0.4, 0.5) is 24.8 Å². The van der Waals surface area contributed by atoms with Crippen LogP contribution in [-0.4, -0.2) is 34.6 Å². The normalized spacial score (nSPS) is 13.6. The summed E-state index contributed by atoms with van der Waals surface area (Å²) in [4.78, 5) is 14.4. The van der Waals surface area contributed by atoms with Crippen molar-refractivity contribution in [2.45, 2.75) is 19.5 Å². The second-order valence-electron chi connectivity index (χ2n) is 6.99. The van der Waals surface area contributed by atoms with Crippen LogP contribution in [0.5, 0.6) is 5.75 Å². The number of aryl methyl sites for hydroxylation is 1. The minimum atomic E-state index is -4.67. The number of hydrogen-bond acceptors (Lipinski definition) is 7. The summed E-state index contributed by atoms with van der Waals surface area (Å²) in [5.74, 6) is 0.627. The zero-order valence-electron chi connectivity index (χ0n) is 16.3. The Balaban J connectivity index is 2.02. The number of nitrogens with zero attached hydrogens (tertiary/aromatic N) is 5. The van der Waals surface area contributed by atoms with E-state index in [4.69, 9.17) is 27.3 Å². The minimum absolute atomic E-state index is 0.0158. The molecule has 4 rings (SSSR count). The lowest BCUT2D eigenvalue weighted by molar-refractivity contribution is -0.137. The van der Waals surface area contributed by atoms with Gasteiger partial charge in [-0.1, -0.05) is 11.6 Å². The highest BCUT2D eigenvalue weighted by Crippen LogP contribution is 2.47. The third-order valence-electron chi connectivity index (χ3n) is 4.98. The molecular weight excluding hydrogens is 433 g/mol. The van der Waals surface area contributed by atoms with Crippen LogP contribution in [0.25, 0.3) is 22.2 Å². The number of halogens is 4. The highest BCUT2D eigenvalue weighted by Gasteiger charge is 2.38. The summed E-state index contributed by atoms with van der Waals surface area (Å²) >= 11 is 6.58. The van der Waals surface area contributed by atoms with Crippen molar-refractivity contribution < 1.29 is 17.9 Å². The molecule has 0 aliphatic carbocycles. The number of nitrogens with two attached hydrogens (primary N) is 1. The fraction of sp³-hybridized carbons (Fsp3) is 0.300. The number of anilines is 2. The maximum atomic E-state index is 13.9. The van der Waals surface area contributed by atoms with Crippen molar-refractivity contribution in [1.29, 1.82) is 5.26 Å². The average Bonchev–Trinajstić information content (AvgIpc) is 2.88. The largest absolute Gasteiger partial charge is 0.489 e. The van der Waals surface area contributed by atoms with E-state index in [9.17, 15) is 13.2 Å². The van der Waals surface area contributed by atoms with Gasteiger partial charge < -0.3 is 15.4 Å². The molecule has 0 atom stereocenters. The molecule has 1 aliphatic heterocycles. The summed E-state index contributed by atoms with van der Waals surface area (Å²) < 4.78 is 47.4. The lowest BCUT2D eigenvalue weighted by Gasteiger charge is -2.21. The summed E-state index contributed by atoms with van der Waals surface area (Å²) in [6.07, 6.45) is -3.08. The number of hydrogen-bond donors (Lipinski definition) is 1. The van der Waals surface area contributed by atoms with Gasteiger partial charge in [-0.05, 0) is 24.6 Å². The molecule has 0 amide bonds. The van der Waals surface area contributed by atoms with Crippen molar-refractivity contribution in [1.82, 2.24) is 15.0 Å². The van der Waals surface area contributed by atoms with E-state index in [-0.39, 0.29) is 46.4 Å². The van der Waals surface area contributed by atoms with Gasteiger partial charge in [-0.2, -0.15) is 18.4 Å². The molecule has 31 heavy (non-hydrogen) atoms. The number of rotatable bonds is 3. The van der Waals surface area contributed by atoms with Gasteiger partial charge in [0.15, 0.2) is 5.75 Å². The van der Waals surface area contributed by atoms with Crippen LogP contribution < -0.4 is 15.4 Å². The summed E-state index contributed by atoms with van der Waals surface area (Å²) in [6.45, 7) is 2.37. The van der Waals surface area contributed by atoms with Crippen molar-refractivity contribution in [2.75, 3.05) is 30.3 Å². The molecule has 11 heteroatoms. The van der Waals surface area contributed by atoms with Gasteiger partial charge in [0.1, 0.15) is 24.6 Å². The Labute approximate surface area is 180 Å². The summed E-state index contributed by atoms with van der Waals surface area (Å²) in [7, 11) is 0. The van der Waals surface area contributed by atoms with Crippen LogP contribution in [0.3, 0.4) is 0 Å². The first-order valence-corrected chi connectivity index (χ1v) is 9.66. The van der Waals surface area contributed by atoms with E-state index in [0.29, 0.717) is 29.8 Å². The fourth-order valence-corrected chi connectivity index (χ4v) is 4.01. The molecule has 0 saturated heterocycles. The first kappa shape index (κ1) is 20.9. The number of nitrogen functional groups attached to an aromatic ring is 1. The van der Waals surface area contributed by atoms with E-state index in [1.54, 1.807) is 0 Å². The molecule has 7 nitrogen and oxygen atoms in total. The average molecular weight is 449 g/mol. The van der Waals surface area contributed by atoms with Gasteiger partial charge in [-0.3, -0.25) is 0 Å². The Hall–Kier alpha value is -3.32. The van der Waals surface area contributed by atoms with Crippen LogP contribution in [0.1, 0.15) is 17.5 Å². The van der Waals surface area contributed by atoms with Crippen LogP contribution in [0, 0.1) is 18.3 Å². The molecule has 0 radical (unpaired) electrons. The monoisotopic (exact) mass is 448 g/mol. The maximum absolute atomic E-state index is 13.9. The number of aromatic nitrogens is 3. The van der Waals surface area contributed by atoms with Crippen LogP contribution in [0.2, 0.25) is 5.02 Å². The predicted molar refractivity (Wildman–Crippen MR) is 110 cm³/mol. The van der Waals surface area contributed by atoms with Gasteiger partial charge in [0.2, 0.25) is 0 Å². The third-order valence-corrected chi connectivity index (χ3v) is 5.35. The molecule has 1 aromatic carbocycles. The summed E-state index contributed by atoms with van der Waals surface area (Å²) in [6, 6.07) is 4.68. The van der Waals surface area contributed by atoms with Crippen LogP contribution >= 0.6 is 11.6 Å². The van der Waals surface area contributed by atoms with E-state index >= 15 is 0 Å². The number of pyridine rings is 1. The smallest absolute Gasteiger partial charge is 0.418 e. The van der Waals surface area contributed by atoms with Gasteiger partial charge in [0, 0.05) is 12.1 Å². The van der Waals surface area contributed by atoms with Gasteiger partial charge in [-0.25, -0.2) is 15.0 Å².